The fraction of sp³-hybridized carbons (Fsp3) is 0.773. The summed E-state index contributed by atoms with van der Waals surface area (Å²) < 4.78 is 0. The highest BCUT2D eigenvalue weighted by Gasteiger charge is 2.44. The molecule has 0 aromatic rings. The van der Waals surface area contributed by atoms with Gasteiger partial charge in [-0.05, 0) is 43.8 Å². The lowest BCUT2D eigenvalue weighted by Gasteiger charge is -2.31. The molecule has 10 nitrogen and oxygen atoms in total. The van der Waals surface area contributed by atoms with Crippen LogP contribution in [0.25, 0.3) is 0 Å². The number of carbonyl (C=O) groups excluding carboxylic acids is 5. The van der Waals surface area contributed by atoms with E-state index >= 15 is 0 Å². The van der Waals surface area contributed by atoms with Crippen molar-refractivity contribution in [1.29, 1.82) is 0 Å². The molecule has 0 spiro atoms. The highest BCUT2D eigenvalue weighted by molar-refractivity contribution is 7.80. The third-order valence-electron chi connectivity index (χ3n) is 6.59. The molecule has 3 N–H and O–H groups in total. The van der Waals surface area contributed by atoms with Crippen LogP contribution in [0.2, 0.25) is 0 Å². The number of hydrogen-bond donors (Lipinski definition) is 4. The van der Waals surface area contributed by atoms with Crippen LogP contribution >= 0.6 is 12.6 Å². The topological polar surface area (TPSA) is 128 Å². The van der Waals surface area contributed by atoms with Crippen molar-refractivity contribution in [3.05, 3.63) is 0 Å². The quantitative estimate of drug-likeness (QED) is 0.309. The van der Waals surface area contributed by atoms with Gasteiger partial charge in [-0.1, -0.05) is 13.8 Å². The fourth-order valence-electron chi connectivity index (χ4n) is 4.78. The van der Waals surface area contributed by atoms with Crippen molar-refractivity contribution in [3.8, 4) is 0 Å². The summed E-state index contributed by atoms with van der Waals surface area (Å²) in [5.74, 6) is -1.61. The third kappa shape index (κ3) is 5.80. The second-order valence-corrected chi connectivity index (χ2v) is 9.75. The van der Waals surface area contributed by atoms with Gasteiger partial charge in [0, 0.05) is 19.6 Å². The summed E-state index contributed by atoms with van der Waals surface area (Å²) in [5, 5.41) is 8.22. The zero-order chi connectivity index (χ0) is 24.1. The number of nitrogens with one attached hydrogen (secondary N) is 3. The van der Waals surface area contributed by atoms with Gasteiger partial charge in [-0.3, -0.25) is 24.0 Å². The predicted octanol–water partition coefficient (Wildman–Crippen LogP) is -0.566. The molecule has 3 aliphatic heterocycles. The Kier molecular flexibility index (Phi) is 8.61. The minimum absolute atomic E-state index is 0.229. The van der Waals surface area contributed by atoms with E-state index in [4.69, 9.17) is 0 Å². The molecule has 0 saturated carbocycles. The lowest BCUT2D eigenvalue weighted by Crippen LogP contribution is -2.58. The predicted molar refractivity (Wildman–Crippen MR) is 124 cm³/mol. The maximum absolute atomic E-state index is 13.4. The number of carbonyl (C=O) groups is 5. The summed E-state index contributed by atoms with van der Waals surface area (Å²) in [6.45, 7) is 4.82. The molecule has 5 amide bonds. The molecule has 184 valence electrons. The Hall–Kier alpha value is -2.30. The summed E-state index contributed by atoms with van der Waals surface area (Å²) >= 11 is 4.13. The molecule has 0 aromatic heterocycles. The summed E-state index contributed by atoms with van der Waals surface area (Å²) in [6, 6.07) is -3.29. The summed E-state index contributed by atoms with van der Waals surface area (Å²) in [5.41, 5.74) is 0. The summed E-state index contributed by atoms with van der Waals surface area (Å²) in [4.78, 5) is 68.6. The van der Waals surface area contributed by atoms with E-state index in [1.807, 2.05) is 0 Å². The van der Waals surface area contributed by atoms with Crippen LogP contribution in [0.1, 0.15) is 52.4 Å². The Morgan fingerprint density at radius 1 is 1.03 bits per heavy atom. The van der Waals surface area contributed by atoms with Crippen molar-refractivity contribution in [1.82, 2.24) is 25.8 Å². The first-order chi connectivity index (χ1) is 15.7. The van der Waals surface area contributed by atoms with E-state index in [-0.39, 0.29) is 30.1 Å². The van der Waals surface area contributed by atoms with Crippen molar-refractivity contribution in [2.24, 2.45) is 5.92 Å². The zero-order valence-corrected chi connectivity index (χ0v) is 20.2. The molecule has 3 heterocycles. The molecule has 0 aromatic carbocycles. The molecule has 3 rings (SSSR count). The van der Waals surface area contributed by atoms with Crippen LogP contribution in [0.15, 0.2) is 0 Å². The van der Waals surface area contributed by atoms with Gasteiger partial charge in [0.05, 0.1) is 6.42 Å². The lowest BCUT2D eigenvalue weighted by molar-refractivity contribution is -0.147. The van der Waals surface area contributed by atoms with E-state index in [0.717, 1.165) is 0 Å². The molecular weight excluding hydrogens is 446 g/mol. The Morgan fingerprint density at radius 3 is 2.36 bits per heavy atom. The Balaban J connectivity index is 1.92. The molecule has 3 fully saturated rings. The Labute approximate surface area is 200 Å². The van der Waals surface area contributed by atoms with Gasteiger partial charge in [0.15, 0.2) is 0 Å². The van der Waals surface area contributed by atoms with Gasteiger partial charge in [0.2, 0.25) is 29.5 Å². The second-order valence-electron chi connectivity index (χ2n) is 9.30. The van der Waals surface area contributed by atoms with Crippen molar-refractivity contribution in [2.75, 3.05) is 25.4 Å². The van der Waals surface area contributed by atoms with Crippen LogP contribution in [0.4, 0.5) is 0 Å². The first kappa shape index (κ1) is 25.3. The van der Waals surface area contributed by atoms with Crippen LogP contribution in [0.5, 0.6) is 0 Å². The molecule has 0 unspecified atom stereocenters. The van der Waals surface area contributed by atoms with Crippen molar-refractivity contribution in [2.45, 2.75) is 76.5 Å². The fourth-order valence-corrected chi connectivity index (χ4v) is 4.94. The maximum Gasteiger partial charge on any atom is 0.246 e. The first-order valence-electron chi connectivity index (χ1n) is 11.8. The van der Waals surface area contributed by atoms with Crippen molar-refractivity contribution >= 4 is 42.2 Å². The molecule has 0 radical (unpaired) electrons. The molecule has 0 aliphatic carbocycles. The largest absolute Gasteiger partial charge is 0.354 e. The highest BCUT2D eigenvalue weighted by atomic mass is 32.1. The average Bonchev–Trinajstić information content (AvgIpc) is 3.45. The molecule has 33 heavy (non-hydrogen) atoms. The number of nitrogens with zero attached hydrogens (tertiary/aromatic N) is 2. The van der Waals surface area contributed by atoms with E-state index in [1.54, 1.807) is 18.7 Å². The Morgan fingerprint density at radius 2 is 1.70 bits per heavy atom. The third-order valence-corrected chi connectivity index (χ3v) is 6.91. The van der Waals surface area contributed by atoms with Gasteiger partial charge in [-0.15, -0.1) is 0 Å². The van der Waals surface area contributed by atoms with Crippen LogP contribution in [-0.2, 0) is 24.0 Å². The van der Waals surface area contributed by atoms with Gasteiger partial charge in [0.1, 0.15) is 24.2 Å². The second kappa shape index (κ2) is 11.2. The number of fused-ring (bicyclic) bond motifs is 2. The van der Waals surface area contributed by atoms with Crippen LogP contribution in [-0.4, -0.2) is 88.9 Å². The lowest BCUT2D eigenvalue weighted by atomic mass is 10.0. The maximum atomic E-state index is 13.4. The number of amides is 5. The number of rotatable bonds is 5. The van der Waals surface area contributed by atoms with Gasteiger partial charge >= 0.3 is 0 Å². The van der Waals surface area contributed by atoms with E-state index in [0.29, 0.717) is 57.5 Å². The van der Waals surface area contributed by atoms with Gasteiger partial charge in [-0.25, -0.2) is 0 Å². The average molecular weight is 482 g/mol. The van der Waals surface area contributed by atoms with Gasteiger partial charge in [0.25, 0.3) is 0 Å². The summed E-state index contributed by atoms with van der Waals surface area (Å²) in [6.07, 6.45) is 2.81. The molecule has 4 atom stereocenters. The van der Waals surface area contributed by atoms with E-state index < -0.39 is 36.0 Å². The Bertz CT molecular complexity index is 781. The van der Waals surface area contributed by atoms with Crippen LogP contribution in [0.3, 0.4) is 0 Å². The van der Waals surface area contributed by atoms with E-state index in [9.17, 15) is 24.0 Å². The van der Waals surface area contributed by atoms with Crippen LogP contribution < -0.4 is 16.0 Å². The monoisotopic (exact) mass is 481 g/mol. The molecular formula is C22H35N5O5S. The van der Waals surface area contributed by atoms with Gasteiger partial charge < -0.3 is 25.8 Å². The van der Waals surface area contributed by atoms with Crippen molar-refractivity contribution < 1.29 is 24.0 Å². The zero-order valence-electron chi connectivity index (χ0n) is 19.3. The molecule has 11 heteroatoms. The smallest absolute Gasteiger partial charge is 0.246 e. The minimum atomic E-state index is -1.10. The van der Waals surface area contributed by atoms with Gasteiger partial charge in [-0.2, -0.15) is 12.6 Å². The first-order valence-corrected chi connectivity index (χ1v) is 12.5. The van der Waals surface area contributed by atoms with Crippen molar-refractivity contribution in [3.63, 3.8) is 0 Å². The number of hydrogen-bond acceptors (Lipinski definition) is 6. The number of thiol groups is 1. The van der Waals surface area contributed by atoms with E-state index in [1.165, 1.54) is 4.90 Å². The minimum Gasteiger partial charge on any atom is -0.354 e. The molecule has 3 saturated heterocycles. The highest BCUT2D eigenvalue weighted by Crippen LogP contribution is 2.26. The SMILES string of the molecule is CC(C)[C@@H]1NC(=O)[C@@H]2CCCN2C(=O)[C@H]2CCCN2C(=O)C[C@H](C(=O)NCCCS)NC1=O. The van der Waals surface area contributed by atoms with E-state index in [2.05, 4.69) is 28.6 Å². The molecule has 0 bridgehead atoms. The van der Waals surface area contributed by atoms with Crippen LogP contribution in [0, 0.1) is 5.92 Å². The standard InChI is InChI=1S/C22H35N5O5S/c1-13(2)18-21(31)24-14(19(29)23-8-5-11-33)12-17(28)26-9-4-7-16(26)22(32)27-10-3-6-15(27)20(30)25-18/h13-16,18,33H,3-12H2,1-2H3,(H,23,29)(H,24,31)(H,25,30)/t14-,15+,16-,18+/m1/s1. The molecule has 3 aliphatic rings. The normalized spacial score (nSPS) is 29.0. The summed E-state index contributed by atoms with van der Waals surface area (Å²) in [7, 11) is 0.